The quantitative estimate of drug-likeness (QED) is 0.387. The first kappa shape index (κ1) is 19.3. The molecule has 0 bridgehead atoms. The van der Waals surface area contributed by atoms with E-state index in [0.717, 1.165) is 8.64 Å². The van der Waals surface area contributed by atoms with Crippen molar-refractivity contribution in [2.45, 2.75) is 19.9 Å². The minimum absolute atomic E-state index is 0.206. The van der Waals surface area contributed by atoms with Crippen LogP contribution in [0.3, 0.4) is 0 Å². The molecule has 144 valence electrons. The Morgan fingerprint density at radius 3 is 2.89 bits per heavy atom. The predicted molar refractivity (Wildman–Crippen MR) is 116 cm³/mol. The number of allylic oxidation sites excluding steroid dienone is 1. The van der Waals surface area contributed by atoms with Gasteiger partial charge in [-0.05, 0) is 60.0 Å². The topological polar surface area (TPSA) is 73.8 Å². The highest BCUT2D eigenvalue weighted by molar-refractivity contribution is 14.1. The number of thiophene rings is 1. The van der Waals surface area contributed by atoms with Gasteiger partial charge >= 0.3 is 5.97 Å². The fourth-order valence-corrected chi connectivity index (χ4v) is 5.33. The lowest BCUT2D eigenvalue weighted by Crippen LogP contribution is -2.39. The van der Waals surface area contributed by atoms with Crippen LogP contribution in [0.25, 0.3) is 6.08 Å². The van der Waals surface area contributed by atoms with Gasteiger partial charge in [0.05, 0.1) is 22.4 Å². The molecule has 4 heterocycles. The molecule has 0 saturated carbocycles. The smallest absolute Gasteiger partial charge is 0.338 e. The molecule has 1 unspecified atom stereocenters. The van der Waals surface area contributed by atoms with Crippen LogP contribution in [-0.2, 0) is 9.53 Å². The van der Waals surface area contributed by atoms with Crippen molar-refractivity contribution in [1.29, 1.82) is 0 Å². The summed E-state index contributed by atoms with van der Waals surface area (Å²) in [5.41, 5.74) is 0.760. The second kappa shape index (κ2) is 7.80. The predicted octanol–water partition coefficient (Wildman–Crippen LogP) is 3.06. The van der Waals surface area contributed by atoms with Crippen molar-refractivity contribution >= 4 is 57.3 Å². The summed E-state index contributed by atoms with van der Waals surface area (Å²) in [6.45, 7) is 3.79. The van der Waals surface area contributed by atoms with Crippen LogP contribution in [-0.4, -0.2) is 17.1 Å². The fourth-order valence-electron chi connectivity index (χ4n) is 3.04. The van der Waals surface area contributed by atoms with E-state index >= 15 is 0 Å². The molecule has 3 aromatic heterocycles. The lowest BCUT2D eigenvalue weighted by Gasteiger charge is -2.23. The molecule has 0 fully saturated rings. The van der Waals surface area contributed by atoms with Gasteiger partial charge in [0, 0.05) is 11.0 Å². The van der Waals surface area contributed by atoms with Crippen molar-refractivity contribution in [2.24, 2.45) is 4.99 Å². The Kier molecular flexibility index (Phi) is 5.39. The van der Waals surface area contributed by atoms with Gasteiger partial charge in [-0.1, -0.05) is 17.4 Å². The van der Waals surface area contributed by atoms with Crippen LogP contribution in [0.2, 0.25) is 0 Å². The molecular weight excluding hydrogens is 511 g/mol. The van der Waals surface area contributed by atoms with Crippen molar-refractivity contribution in [3.05, 3.63) is 75.0 Å². The average molecular weight is 526 g/mol. The second-order valence-electron chi connectivity index (χ2n) is 5.96. The zero-order valence-electron chi connectivity index (χ0n) is 15.0. The Morgan fingerprint density at radius 1 is 1.43 bits per heavy atom. The van der Waals surface area contributed by atoms with Gasteiger partial charge < -0.3 is 9.15 Å². The van der Waals surface area contributed by atoms with E-state index in [0.29, 0.717) is 26.4 Å². The molecule has 3 aromatic rings. The van der Waals surface area contributed by atoms with Crippen molar-refractivity contribution in [3.8, 4) is 0 Å². The number of hydrogen-bond donors (Lipinski definition) is 0. The first-order chi connectivity index (χ1) is 13.5. The number of carbonyl (C=O) groups excluding carboxylic acids is 1. The molecule has 0 amide bonds. The first-order valence-corrected chi connectivity index (χ1v) is 11.3. The number of furan rings is 1. The fraction of sp³-hybridized carbons (Fsp3) is 0.211. The van der Waals surface area contributed by atoms with Crippen molar-refractivity contribution in [2.75, 3.05) is 6.61 Å². The lowest BCUT2D eigenvalue weighted by atomic mass is 10.0. The SMILES string of the molecule is CCOC(=O)C1=C(C)N=c2s/c(=C\c3ccc(I)o3)c(=O)n2C1c1cccs1. The highest BCUT2D eigenvalue weighted by Gasteiger charge is 2.33. The van der Waals surface area contributed by atoms with Crippen LogP contribution in [0, 0.1) is 3.77 Å². The van der Waals surface area contributed by atoms with E-state index in [4.69, 9.17) is 9.15 Å². The first-order valence-electron chi connectivity index (χ1n) is 8.48. The zero-order valence-corrected chi connectivity index (χ0v) is 18.8. The zero-order chi connectivity index (χ0) is 19.8. The number of nitrogens with zero attached hydrogens (tertiary/aromatic N) is 2. The van der Waals surface area contributed by atoms with Crippen molar-refractivity contribution in [3.63, 3.8) is 0 Å². The van der Waals surface area contributed by atoms with Crippen molar-refractivity contribution < 1.29 is 13.9 Å². The van der Waals surface area contributed by atoms with Crippen LogP contribution >= 0.6 is 45.3 Å². The van der Waals surface area contributed by atoms with Gasteiger partial charge in [0.15, 0.2) is 8.57 Å². The number of hydrogen-bond acceptors (Lipinski definition) is 7. The summed E-state index contributed by atoms with van der Waals surface area (Å²) in [6.07, 6.45) is 1.71. The minimum Gasteiger partial charge on any atom is -0.463 e. The van der Waals surface area contributed by atoms with Gasteiger partial charge in [-0.3, -0.25) is 9.36 Å². The van der Waals surface area contributed by atoms with Crippen LogP contribution in [0.4, 0.5) is 0 Å². The third-order valence-electron chi connectivity index (χ3n) is 4.20. The number of aromatic nitrogens is 1. The number of thiazole rings is 1. The number of ether oxygens (including phenoxy) is 1. The van der Waals surface area contributed by atoms with E-state index in [1.165, 1.54) is 22.7 Å². The van der Waals surface area contributed by atoms with E-state index in [-0.39, 0.29) is 12.2 Å². The number of halogens is 1. The van der Waals surface area contributed by atoms with Crippen molar-refractivity contribution in [1.82, 2.24) is 4.57 Å². The van der Waals surface area contributed by atoms with Gasteiger partial charge in [0.2, 0.25) is 0 Å². The monoisotopic (exact) mass is 526 g/mol. The third-order valence-corrected chi connectivity index (χ3v) is 6.68. The van der Waals surface area contributed by atoms with E-state index in [1.807, 2.05) is 29.6 Å². The lowest BCUT2D eigenvalue weighted by molar-refractivity contribution is -0.139. The maximum absolute atomic E-state index is 13.2. The van der Waals surface area contributed by atoms with Crippen LogP contribution in [0.5, 0.6) is 0 Å². The van der Waals surface area contributed by atoms with E-state index in [2.05, 4.69) is 27.6 Å². The summed E-state index contributed by atoms with van der Waals surface area (Å²) in [6, 6.07) is 6.92. The Morgan fingerprint density at radius 2 is 2.25 bits per heavy atom. The largest absolute Gasteiger partial charge is 0.463 e. The highest BCUT2D eigenvalue weighted by atomic mass is 127. The molecule has 0 N–H and O–H groups in total. The maximum atomic E-state index is 13.2. The standard InChI is InChI=1S/C19H15IN2O4S2/c1-3-25-18(24)15-10(2)21-19-22(16(15)12-5-4-8-27-12)17(23)13(28-19)9-11-6-7-14(20)26-11/h4-9,16H,3H2,1-2H3/b13-9-. The van der Waals surface area contributed by atoms with E-state index in [9.17, 15) is 9.59 Å². The molecule has 28 heavy (non-hydrogen) atoms. The summed E-state index contributed by atoms with van der Waals surface area (Å²) in [4.78, 5) is 31.9. The number of rotatable bonds is 4. The Hall–Kier alpha value is -1.98. The van der Waals surface area contributed by atoms with Gasteiger partial charge in [0.1, 0.15) is 11.8 Å². The Labute approximate surface area is 181 Å². The van der Waals surface area contributed by atoms with Gasteiger partial charge in [-0.15, -0.1) is 11.3 Å². The van der Waals surface area contributed by atoms with Gasteiger partial charge in [-0.2, -0.15) is 0 Å². The number of esters is 1. The summed E-state index contributed by atoms with van der Waals surface area (Å²) in [7, 11) is 0. The maximum Gasteiger partial charge on any atom is 0.338 e. The molecule has 1 atom stereocenters. The minimum atomic E-state index is -0.547. The Balaban J connectivity index is 1.95. The molecular formula is C19H15IN2O4S2. The number of fused-ring (bicyclic) bond motifs is 1. The third kappa shape index (κ3) is 3.42. The second-order valence-corrected chi connectivity index (χ2v) is 9.01. The van der Waals surface area contributed by atoms with Crippen LogP contribution < -0.4 is 14.9 Å². The summed E-state index contributed by atoms with van der Waals surface area (Å²) >= 11 is 4.85. The van der Waals surface area contributed by atoms with Crippen LogP contribution in [0.1, 0.15) is 30.5 Å². The van der Waals surface area contributed by atoms with E-state index in [1.54, 1.807) is 24.5 Å². The molecule has 1 aliphatic rings. The highest BCUT2D eigenvalue weighted by Crippen LogP contribution is 2.33. The molecule has 9 heteroatoms. The molecule has 6 nitrogen and oxygen atoms in total. The normalized spacial score (nSPS) is 16.8. The Bertz CT molecular complexity index is 1250. The molecule has 0 aromatic carbocycles. The average Bonchev–Trinajstić information content (AvgIpc) is 3.37. The molecule has 0 spiro atoms. The summed E-state index contributed by atoms with van der Waals surface area (Å²) < 4.78 is 13.6. The molecule has 0 radical (unpaired) electrons. The van der Waals surface area contributed by atoms with E-state index < -0.39 is 12.0 Å². The van der Waals surface area contributed by atoms with Gasteiger partial charge in [0.25, 0.3) is 5.56 Å². The molecule has 4 rings (SSSR count). The number of carbonyl (C=O) groups is 1. The van der Waals surface area contributed by atoms with Gasteiger partial charge in [-0.25, -0.2) is 9.79 Å². The summed E-state index contributed by atoms with van der Waals surface area (Å²) in [5, 5.41) is 1.92. The summed E-state index contributed by atoms with van der Waals surface area (Å²) in [5.74, 6) is 0.153. The van der Waals surface area contributed by atoms with Crippen LogP contribution in [0.15, 0.2) is 55.1 Å². The molecule has 1 aliphatic heterocycles. The molecule has 0 aliphatic carbocycles. The molecule has 0 saturated heterocycles.